The summed E-state index contributed by atoms with van der Waals surface area (Å²) in [6, 6.07) is 5.18. The molecule has 1 aliphatic heterocycles. The van der Waals surface area contributed by atoms with Gasteiger partial charge in [-0.25, -0.2) is 4.39 Å². The first-order valence-electron chi connectivity index (χ1n) is 5.02. The van der Waals surface area contributed by atoms with Crippen LogP contribution in [0.2, 0.25) is 0 Å². The van der Waals surface area contributed by atoms with Gasteiger partial charge < -0.3 is 11.1 Å². The van der Waals surface area contributed by atoms with E-state index < -0.39 is 0 Å². The summed E-state index contributed by atoms with van der Waals surface area (Å²) in [5.41, 5.74) is 8.17. The van der Waals surface area contributed by atoms with Gasteiger partial charge in [0.2, 0.25) is 0 Å². The van der Waals surface area contributed by atoms with Crippen LogP contribution in [-0.2, 0) is 5.41 Å². The Kier molecular flexibility index (Phi) is 1.46. The van der Waals surface area contributed by atoms with Crippen LogP contribution in [0.5, 0.6) is 0 Å². The molecule has 3 heteroatoms. The Morgan fingerprint density at radius 3 is 3.00 bits per heavy atom. The molecule has 1 fully saturated rings. The van der Waals surface area contributed by atoms with Crippen molar-refractivity contribution in [2.24, 2.45) is 5.73 Å². The van der Waals surface area contributed by atoms with Crippen molar-refractivity contribution in [3.8, 4) is 0 Å². The van der Waals surface area contributed by atoms with Crippen molar-refractivity contribution in [1.29, 1.82) is 0 Å². The SMILES string of the molecule is NC1CC12CCNc1ccc(F)cc12. The van der Waals surface area contributed by atoms with Crippen molar-refractivity contribution >= 4 is 5.69 Å². The molecule has 2 nitrogen and oxygen atoms in total. The van der Waals surface area contributed by atoms with Crippen LogP contribution in [0.1, 0.15) is 18.4 Å². The maximum atomic E-state index is 13.1. The Morgan fingerprint density at radius 2 is 2.29 bits per heavy atom. The van der Waals surface area contributed by atoms with Crippen LogP contribution in [-0.4, -0.2) is 12.6 Å². The molecule has 0 aromatic heterocycles. The summed E-state index contributed by atoms with van der Waals surface area (Å²) < 4.78 is 13.1. The fourth-order valence-corrected chi connectivity index (χ4v) is 2.57. The minimum Gasteiger partial charge on any atom is -0.385 e. The highest BCUT2D eigenvalue weighted by Gasteiger charge is 2.54. The molecule has 0 saturated heterocycles. The number of halogens is 1. The lowest BCUT2D eigenvalue weighted by Gasteiger charge is -2.27. The molecule has 3 rings (SSSR count). The maximum absolute atomic E-state index is 13.1. The molecule has 1 spiro atoms. The number of nitrogens with two attached hydrogens (primary N) is 1. The summed E-state index contributed by atoms with van der Waals surface area (Å²) in [5, 5.41) is 3.28. The molecular formula is C11H13FN2. The minimum atomic E-state index is -0.161. The number of rotatable bonds is 0. The Morgan fingerprint density at radius 1 is 1.50 bits per heavy atom. The Labute approximate surface area is 82.3 Å². The fraction of sp³-hybridized carbons (Fsp3) is 0.455. The lowest BCUT2D eigenvalue weighted by Crippen LogP contribution is -2.27. The molecule has 1 saturated carbocycles. The van der Waals surface area contributed by atoms with Gasteiger partial charge in [0, 0.05) is 23.7 Å². The Balaban J connectivity index is 2.14. The summed E-state index contributed by atoms with van der Waals surface area (Å²) >= 11 is 0. The highest BCUT2D eigenvalue weighted by molar-refractivity contribution is 5.60. The Bertz CT molecular complexity index is 391. The summed E-state index contributed by atoms with van der Waals surface area (Å²) in [7, 11) is 0. The molecule has 1 aromatic rings. The Hall–Kier alpha value is -1.09. The zero-order valence-electron chi connectivity index (χ0n) is 7.89. The maximum Gasteiger partial charge on any atom is 0.123 e. The fourth-order valence-electron chi connectivity index (χ4n) is 2.57. The van der Waals surface area contributed by atoms with Crippen LogP contribution in [0.25, 0.3) is 0 Å². The quantitative estimate of drug-likeness (QED) is 0.655. The molecule has 2 unspecified atom stereocenters. The van der Waals surface area contributed by atoms with E-state index in [1.807, 2.05) is 6.07 Å². The molecular weight excluding hydrogens is 179 g/mol. The smallest absolute Gasteiger partial charge is 0.123 e. The van der Waals surface area contributed by atoms with Gasteiger partial charge in [0.25, 0.3) is 0 Å². The topological polar surface area (TPSA) is 38.0 Å². The van der Waals surface area contributed by atoms with E-state index in [4.69, 9.17) is 5.73 Å². The summed E-state index contributed by atoms with van der Waals surface area (Å²) in [6.07, 6.45) is 2.04. The van der Waals surface area contributed by atoms with Gasteiger partial charge in [-0.3, -0.25) is 0 Å². The highest BCUT2D eigenvalue weighted by Crippen LogP contribution is 2.54. The molecule has 2 atom stereocenters. The summed E-state index contributed by atoms with van der Waals surface area (Å²) in [5.74, 6) is -0.161. The zero-order chi connectivity index (χ0) is 9.76. The van der Waals surface area contributed by atoms with Crippen LogP contribution in [0.4, 0.5) is 10.1 Å². The largest absolute Gasteiger partial charge is 0.385 e. The monoisotopic (exact) mass is 192 g/mol. The average molecular weight is 192 g/mol. The van der Waals surface area contributed by atoms with Gasteiger partial charge >= 0.3 is 0 Å². The average Bonchev–Trinajstić information content (AvgIpc) is 2.80. The molecule has 0 amide bonds. The van der Waals surface area contributed by atoms with E-state index in [0.717, 1.165) is 30.6 Å². The van der Waals surface area contributed by atoms with E-state index in [2.05, 4.69) is 5.32 Å². The van der Waals surface area contributed by atoms with Crippen LogP contribution in [0.15, 0.2) is 18.2 Å². The van der Waals surface area contributed by atoms with Crippen LogP contribution >= 0.6 is 0 Å². The highest BCUT2D eigenvalue weighted by atomic mass is 19.1. The second kappa shape index (κ2) is 2.48. The third-order valence-electron chi connectivity index (χ3n) is 3.54. The number of anilines is 1. The standard InChI is InChI=1S/C11H13FN2/c12-7-1-2-9-8(5-7)11(3-4-14-9)6-10(11)13/h1-2,5,10,14H,3-4,6,13H2. The van der Waals surface area contributed by atoms with Gasteiger partial charge in [0.1, 0.15) is 5.82 Å². The van der Waals surface area contributed by atoms with Crippen LogP contribution < -0.4 is 11.1 Å². The van der Waals surface area contributed by atoms with E-state index in [1.165, 1.54) is 6.07 Å². The van der Waals surface area contributed by atoms with E-state index in [1.54, 1.807) is 6.07 Å². The van der Waals surface area contributed by atoms with Crippen molar-refractivity contribution in [1.82, 2.24) is 0 Å². The molecule has 1 aliphatic carbocycles. The number of hydrogen-bond donors (Lipinski definition) is 2. The van der Waals surface area contributed by atoms with Crippen molar-refractivity contribution in [3.05, 3.63) is 29.6 Å². The molecule has 1 aromatic carbocycles. The van der Waals surface area contributed by atoms with Crippen LogP contribution in [0, 0.1) is 5.82 Å². The summed E-state index contributed by atoms with van der Waals surface area (Å²) in [6.45, 7) is 0.951. The number of fused-ring (bicyclic) bond motifs is 2. The van der Waals surface area contributed by atoms with Crippen LogP contribution in [0.3, 0.4) is 0 Å². The zero-order valence-corrected chi connectivity index (χ0v) is 7.89. The van der Waals surface area contributed by atoms with Gasteiger partial charge in [-0.15, -0.1) is 0 Å². The first-order valence-corrected chi connectivity index (χ1v) is 5.02. The first kappa shape index (κ1) is 8.24. The van der Waals surface area contributed by atoms with Gasteiger partial charge in [-0.05, 0) is 36.6 Å². The number of benzene rings is 1. The summed E-state index contributed by atoms with van der Waals surface area (Å²) in [4.78, 5) is 0. The lowest BCUT2D eigenvalue weighted by molar-refractivity contribution is 0.579. The normalized spacial score (nSPS) is 33.7. The van der Waals surface area contributed by atoms with E-state index in [0.29, 0.717) is 0 Å². The predicted molar refractivity (Wildman–Crippen MR) is 53.8 cm³/mol. The van der Waals surface area contributed by atoms with E-state index >= 15 is 0 Å². The van der Waals surface area contributed by atoms with E-state index in [-0.39, 0.29) is 17.3 Å². The molecule has 14 heavy (non-hydrogen) atoms. The van der Waals surface area contributed by atoms with Gasteiger partial charge in [0.15, 0.2) is 0 Å². The van der Waals surface area contributed by atoms with Crippen molar-refractivity contribution in [2.75, 3.05) is 11.9 Å². The molecule has 1 heterocycles. The third kappa shape index (κ3) is 0.932. The molecule has 3 N–H and O–H groups in total. The van der Waals surface area contributed by atoms with Crippen molar-refractivity contribution < 1.29 is 4.39 Å². The first-order chi connectivity index (χ1) is 6.72. The van der Waals surface area contributed by atoms with Crippen molar-refractivity contribution in [3.63, 3.8) is 0 Å². The molecule has 2 aliphatic rings. The van der Waals surface area contributed by atoms with E-state index in [9.17, 15) is 4.39 Å². The van der Waals surface area contributed by atoms with Crippen molar-refractivity contribution in [2.45, 2.75) is 24.3 Å². The lowest BCUT2D eigenvalue weighted by atomic mass is 9.87. The number of nitrogens with one attached hydrogen (secondary N) is 1. The molecule has 0 radical (unpaired) electrons. The second-order valence-electron chi connectivity index (χ2n) is 4.33. The third-order valence-corrected chi connectivity index (χ3v) is 3.54. The number of hydrogen-bond acceptors (Lipinski definition) is 2. The van der Waals surface area contributed by atoms with Gasteiger partial charge in [0.05, 0.1) is 0 Å². The van der Waals surface area contributed by atoms with Gasteiger partial charge in [-0.2, -0.15) is 0 Å². The predicted octanol–water partition coefficient (Wildman–Crippen LogP) is 1.61. The molecule has 74 valence electrons. The second-order valence-corrected chi connectivity index (χ2v) is 4.33. The molecule has 0 bridgehead atoms. The van der Waals surface area contributed by atoms with Gasteiger partial charge in [-0.1, -0.05) is 0 Å². The minimum absolute atomic E-state index is 0.0860.